The maximum atomic E-state index is 10.3. The summed E-state index contributed by atoms with van der Waals surface area (Å²) in [4.78, 5) is 17.8. The SMILES string of the molecule is CN1CCCc2c1ccc1c2nc(C/C=C\C=C/NC=O)n1C1CCCCC1. The molecular weight excluding hydrogens is 348 g/mol. The Balaban J connectivity index is 1.72. The number of amides is 1. The Hall–Kier alpha value is -2.56. The highest BCUT2D eigenvalue weighted by Crippen LogP contribution is 2.37. The van der Waals surface area contributed by atoms with Crippen LogP contribution in [0.3, 0.4) is 0 Å². The van der Waals surface area contributed by atoms with Gasteiger partial charge in [0.15, 0.2) is 0 Å². The Morgan fingerprint density at radius 2 is 2.04 bits per heavy atom. The summed E-state index contributed by atoms with van der Waals surface area (Å²) in [6.45, 7) is 1.12. The lowest BCUT2D eigenvalue weighted by Gasteiger charge is -2.28. The minimum Gasteiger partial charge on any atom is -0.374 e. The fraction of sp³-hybridized carbons (Fsp3) is 0.478. The van der Waals surface area contributed by atoms with Crippen molar-refractivity contribution in [1.29, 1.82) is 0 Å². The van der Waals surface area contributed by atoms with Crippen molar-refractivity contribution in [3.8, 4) is 0 Å². The van der Waals surface area contributed by atoms with Crippen LogP contribution in [-0.2, 0) is 17.6 Å². The number of imidazole rings is 1. The van der Waals surface area contributed by atoms with Crippen molar-refractivity contribution in [1.82, 2.24) is 14.9 Å². The largest absolute Gasteiger partial charge is 0.374 e. The second-order valence-electron chi connectivity index (χ2n) is 7.92. The standard InChI is InChI=1S/C23H30N4O/c1-26-16-8-11-19-20(26)13-14-21-23(19)25-22(12-6-3-7-15-24-17-28)27(21)18-9-4-2-5-10-18/h3,6-7,13-15,17-18H,2,4-5,8-12,16H2,1H3,(H,24,28)/b6-3-,15-7-. The van der Waals surface area contributed by atoms with Crippen LogP contribution in [0.15, 0.2) is 36.6 Å². The molecule has 4 rings (SSSR count). The third-order valence-corrected chi connectivity index (χ3v) is 6.09. The van der Waals surface area contributed by atoms with E-state index in [1.807, 2.05) is 12.2 Å². The normalized spacial score (nSPS) is 18.2. The van der Waals surface area contributed by atoms with Gasteiger partial charge in [0.25, 0.3) is 0 Å². The zero-order valence-corrected chi connectivity index (χ0v) is 16.7. The number of nitrogens with zero attached hydrogens (tertiary/aromatic N) is 3. The third kappa shape index (κ3) is 3.71. The van der Waals surface area contributed by atoms with Crippen LogP contribution in [0.4, 0.5) is 5.69 Å². The van der Waals surface area contributed by atoms with Crippen LogP contribution in [0.1, 0.15) is 56.0 Å². The summed E-state index contributed by atoms with van der Waals surface area (Å²) in [7, 11) is 2.19. The van der Waals surface area contributed by atoms with Crippen LogP contribution in [-0.4, -0.2) is 29.6 Å². The molecular formula is C23H30N4O. The van der Waals surface area contributed by atoms with Crippen molar-refractivity contribution in [2.24, 2.45) is 0 Å². The average Bonchev–Trinajstić information content (AvgIpc) is 3.10. The first-order chi connectivity index (χ1) is 13.8. The molecule has 0 saturated heterocycles. The minimum atomic E-state index is 0.564. The smallest absolute Gasteiger partial charge is 0.211 e. The molecule has 1 aliphatic heterocycles. The van der Waals surface area contributed by atoms with E-state index in [9.17, 15) is 4.79 Å². The summed E-state index contributed by atoms with van der Waals surface area (Å²) in [5, 5.41) is 2.53. The Kier molecular flexibility index (Phi) is 5.79. The lowest BCUT2D eigenvalue weighted by atomic mass is 9.94. The molecule has 1 amide bonds. The van der Waals surface area contributed by atoms with E-state index < -0.39 is 0 Å². The first-order valence-corrected chi connectivity index (χ1v) is 10.5. The lowest BCUT2D eigenvalue weighted by Crippen LogP contribution is -2.24. The molecule has 28 heavy (non-hydrogen) atoms. The first-order valence-electron chi connectivity index (χ1n) is 10.5. The lowest BCUT2D eigenvalue weighted by molar-refractivity contribution is -0.108. The monoisotopic (exact) mass is 378 g/mol. The summed E-state index contributed by atoms with van der Waals surface area (Å²) in [6.07, 6.45) is 17.9. The predicted octanol–water partition coefficient (Wildman–Crippen LogP) is 4.28. The van der Waals surface area contributed by atoms with E-state index >= 15 is 0 Å². The summed E-state index contributed by atoms with van der Waals surface area (Å²) in [6, 6.07) is 5.15. The van der Waals surface area contributed by atoms with Gasteiger partial charge in [-0.1, -0.05) is 31.4 Å². The summed E-state index contributed by atoms with van der Waals surface area (Å²) < 4.78 is 2.53. The van der Waals surface area contributed by atoms with Gasteiger partial charge < -0.3 is 14.8 Å². The number of fused-ring (bicyclic) bond motifs is 3. The van der Waals surface area contributed by atoms with Gasteiger partial charge in [-0.25, -0.2) is 4.98 Å². The average molecular weight is 379 g/mol. The van der Waals surface area contributed by atoms with Crippen LogP contribution in [0, 0.1) is 0 Å². The number of aromatic nitrogens is 2. The zero-order chi connectivity index (χ0) is 19.3. The van der Waals surface area contributed by atoms with Gasteiger partial charge in [0.2, 0.25) is 6.41 Å². The number of rotatable bonds is 6. The summed E-state index contributed by atoms with van der Waals surface area (Å²) >= 11 is 0. The van der Waals surface area contributed by atoms with E-state index in [0.717, 1.165) is 25.2 Å². The topological polar surface area (TPSA) is 50.2 Å². The first kappa shape index (κ1) is 18.8. The number of benzene rings is 1. The molecule has 2 aliphatic rings. The molecule has 0 atom stereocenters. The van der Waals surface area contributed by atoms with Crippen LogP contribution in [0.5, 0.6) is 0 Å². The van der Waals surface area contributed by atoms with Crippen LogP contribution < -0.4 is 10.2 Å². The molecule has 1 aliphatic carbocycles. The van der Waals surface area contributed by atoms with Crippen LogP contribution >= 0.6 is 0 Å². The number of carbonyl (C=O) groups is 1. The Morgan fingerprint density at radius 1 is 1.18 bits per heavy atom. The fourth-order valence-corrected chi connectivity index (χ4v) is 4.77. The molecule has 2 heterocycles. The highest BCUT2D eigenvalue weighted by atomic mass is 16.1. The maximum absolute atomic E-state index is 10.3. The molecule has 5 nitrogen and oxygen atoms in total. The maximum Gasteiger partial charge on any atom is 0.211 e. The quantitative estimate of drug-likeness (QED) is 0.603. The number of hydrogen-bond donors (Lipinski definition) is 1. The molecule has 148 valence electrons. The molecule has 1 fully saturated rings. The zero-order valence-electron chi connectivity index (χ0n) is 16.7. The van der Waals surface area contributed by atoms with E-state index in [1.165, 1.54) is 60.8 Å². The van der Waals surface area contributed by atoms with Crippen molar-refractivity contribution < 1.29 is 4.79 Å². The van der Waals surface area contributed by atoms with Gasteiger partial charge in [0, 0.05) is 43.5 Å². The van der Waals surface area contributed by atoms with Gasteiger partial charge in [0.1, 0.15) is 5.82 Å². The van der Waals surface area contributed by atoms with E-state index in [-0.39, 0.29) is 0 Å². The highest BCUT2D eigenvalue weighted by Gasteiger charge is 2.24. The van der Waals surface area contributed by atoms with Crippen LogP contribution in [0.2, 0.25) is 0 Å². The second-order valence-corrected chi connectivity index (χ2v) is 7.92. The van der Waals surface area contributed by atoms with Crippen molar-refractivity contribution in [2.75, 3.05) is 18.5 Å². The number of nitrogens with one attached hydrogen (secondary N) is 1. The molecule has 1 aromatic heterocycles. The second kappa shape index (κ2) is 8.63. The number of allylic oxidation sites excluding steroid dienone is 3. The Bertz CT molecular complexity index is 890. The third-order valence-electron chi connectivity index (χ3n) is 6.09. The molecule has 1 saturated carbocycles. The van der Waals surface area contributed by atoms with Gasteiger partial charge in [-0.15, -0.1) is 0 Å². The molecule has 0 bridgehead atoms. The Morgan fingerprint density at radius 3 is 2.86 bits per heavy atom. The number of hydrogen-bond acceptors (Lipinski definition) is 3. The molecule has 1 aromatic carbocycles. The predicted molar refractivity (Wildman–Crippen MR) is 115 cm³/mol. The molecule has 0 spiro atoms. The van der Waals surface area contributed by atoms with Gasteiger partial charge in [-0.2, -0.15) is 0 Å². The minimum absolute atomic E-state index is 0.564. The number of aryl methyl sites for hydroxylation is 1. The molecule has 2 aromatic rings. The van der Waals surface area contributed by atoms with E-state index in [4.69, 9.17) is 4.98 Å². The van der Waals surface area contributed by atoms with Crippen molar-refractivity contribution in [3.63, 3.8) is 0 Å². The van der Waals surface area contributed by atoms with Crippen molar-refractivity contribution in [2.45, 2.75) is 57.4 Å². The van der Waals surface area contributed by atoms with Gasteiger partial charge in [0.05, 0.1) is 11.0 Å². The van der Waals surface area contributed by atoms with Gasteiger partial charge >= 0.3 is 0 Å². The van der Waals surface area contributed by atoms with Gasteiger partial charge in [-0.3, -0.25) is 4.79 Å². The molecule has 0 radical (unpaired) electrons. The number of carbonyl (C=O) groups excluding carboxylic acids is 1. The summed E-state index contributed by atoms with van der Waals surface area (Å²) in [5.74, 6) is 1.16. The van der Waals surface area contributed by atoms with E-state index in [2.05, 4.69) is 40.0 Å². The fourth-order valence-electron chi connectivity index (χ4n) is 4.77. The molecule has 5 heteroatoms. The summed E-state index contributed by atoms with van der Waals surface area (Å²) in [5.41, 5.74) is 5.27. The number of anilines is 1. The van der Waals surface area contributed by atoms with E-state index in [0.29, 0.717) is 12.5 Å². The molecule has 0 unspecified atom stereocenters. The molecule has 1 N–H and O–H groups in total. The van der Waals surface area contributed by atoms with Gasteiger partial charge in [-0.05, 0) is 43.9 Å². The van der Waals surface area contributed by atoms with Crippen molar-refractivity contribution in [3.05, 3.63) is 47.9 Å². The van der Waals surface area contributed by atoms with E-state index in [1.54, 1.807) is 6.20 Å². The van der Waals surface area contributed by atoms with Crippen LogP contribution in [0.25, 0.3) is 11.0 Å². The Labute approximate surface area is 167 Å². The van der Waals surface area contributed by atoms with Crippen molar-refractivity contribution >= 4 is 23.1 Å². The highest BCUT2D eigenvalue weighted by molar-refractivity contribution is 5.86.